The lowest BCUT2D eigenvalue weighted by molar-refractivity contribution is -0.139. The Balaban J connectivity index is 4.08. The molecule has 15 heavy (non-hydrogen) atoms. The Kier molecular flexibility index (Phi) is 6.57. The van der Waals surface area contributed by atoms with Gasteiger partial charge in [0.05, 0.1) is 0 Å². The molecule has 0 saturated heterocycles. The Morgan fingerprint density at radius 1 is 1.27 bits per heavy atom. The largest absolute Gasteiger partial charge is 0.480 e. The van der Waals surface area contributed by atoms with E-state index in [0.29, 0.717) is 24.2 Å². The zero-order chi connectivity index (χ0) is 12.0. The molecule has 0 spiro atoms. The zero-order valence-corrected chi connectivity index (χ0v) is 10.4. The first kappa shape index (κ1) is 14.4. The second-order valence-corrected chi connectivity index (χ2v) is 4.91. The van der Waals surface area contributed by atoms with Gasteiger partial charge in [0.1, 0.15) is 6.04 Å². The minimum absolute atomic E-state index is 0.438. The Hall–Kier alpha value is -0.570. The molecule has 0 bridgehead atoms. The Morgan fingerprint density at radius 2 is 1.80 bits per heavy atom. The van der Waals surface area contributed by atoms with Gasteiger partial charge in [-0.2, -0.15) is 0 Å². The summed E-state index contributed by atoms with van der Waals surface area (Å²) in [5.74, 6) is 0.843. The molecular formula is C12H25NO2. The van der Waals surface area contributed by atoms with Gasteiger partial charge in [0.2, 0.25) is 0 Å². The Labute approximate surface area is 93.0 Å². The summed E-state index contributed by atoms with van der Waals surface area (Å²) in [6, 6.07) is -0.700. The Morgan fingerprint density at radius 3 is 2.13 bits per heavy atom. The highest BCUT2D eigenvalue weighted by molar-refractivity contribution is 5.73. The van der Waals surface area contributed by atoms with Crippen LogP contribution in [0.1, 0.15) is 47.0 Å². The van der Waals surface area contributed by atoms with Gasteiger partial charge in [-0.3, -0.25) is 4.79 Å². The van der Waals surface area contributed by atoms with Gasteiger partial charge in [0.15, 0.2) is 0 Å². The van der Waals surface area contributed by atoms with Crippen LogP contribution in [0, 0.1) is 17.8 Å². The van der Waals surface area contributed by atoms with Crippen molar-refractivity contribution in [2.75, 3.05) is 0 Å². The number of carboxylic acids is 1. The topological polar surface area (TPSA) is 63.3 Å². The van der Waals surface area contributed by atoms with Crippen molar-refractivity contribution in [3.05, 3.63) is 0 Å². The van der Waals surface area contributed by atoms with Gasteiger partial charge in [-0.05, 0) is 30.6 Å². The van der Waals surface area contributed by atoms with E-state index in [1.54, 1.807) is 0 Å². The smallest absolute Gasteiger partial charge is 0.320 e. The molecule has 0 amide bonds. The van der Waals surface area contributed by atoms with E-state index in [0.717, 1.165) is 12.8 Å². The van der Waals surface area contributed by atoms with Crippen LogP contribution in [0.15, 0.2) is 0 Å². The molecule has 0 aromatic heterocycles. The van der Waals surface area contributed by atoms with E-state index >= 15 is 0 Å². The van der Waals surface area contributed by atoms with E-state index in [4.69, 9.17) is 10.8 Å². The molecule has 3 N–H and O–H groups in total. The summed E-state index contributed by atoms with van der Waals surface area (Å²) in [5.41, 5.74) is 5.55. The van der Waals surface area contributed by atoms with E-state index in [2.05, 4.69) is 27.7 Å². The van der Waals surface area contributed by atoms with Crippen LogP contribution in [0.3, 0.4) is 0 Å². The molecule has 0 rings (SSSR count). The van der Waals surface area contributed by atoms with Crippen LogP contribution in [0.5, 0.6) is 0 Å². The number of hydrogen-bond donors (Lipinski definition) is 2. The van der Waals surface area contributed by atoms with Crippen LogP contribution in [0.2, 0.25) is 0 Å². The normalized spacial score (nSPS) is 17.5. The molecule has 0 aliphatic heterocycles. The van der Waals surface area contributed by atoms with Crippen molar-refractivity contribution in [1.29, 1.82) is 0 Å². The molecule has 90 valence electrons. The molecular weight excluding hydrogens is 190 g/mol. The fourth-order valence-electron chi connectivity index (χ4n) is 1.69. The van der Waals surface area contributed by atoms with Gasteiger partial charge >= 0.3 is 5.97 Å². The Bertz CT molecular complexity index is 192. The quantitative estimate of drug-likeness (QED) is 0.686. The van der Waals surface area contributed by atoms with Crippen molar-refractivity contribution in [1.82, 2.24) is 0 Å². The monoisotopic (exact) mass is 215 g/mol. The van der Waals surface area contributed by atoms with Crippen molar-refractivity contribution in [2.24, 2.45) is 23.5 Å². The van der Waals surface area contributed by atoms with Crippen LogP contribution < -0.4 is 5.73 Å². The summed E-state index contributed by atoms with van der Waals surface area (Å²) in [4.78, 5) is 10.6. The fourth-order valence-corrected chi connectivity index (χ4v) is 1.69. The highest BCUT2D eigenvalue weighted by atomic mass is 16.4. The lowest BCUT2D eigenvalue weighted by Gasteiger charge is -2.23. The van der Waals surface area contributed by atoms with Crippen molar-refractivity contribution in [3.63, 3.8) is 0 Å². The average Bonchev–Trinajstić information content (AvgIpc) is 2.15. The summed E-state index contributed by atoms with van der Waals surface area (Å²) >= 11 is 0. The van der Waals surface area contributed by atoms with E-state index in [1.807, 2.05) is 0 Å². The first-order valence-corrected chi connectivity index (χ1v) is 5.86. The van der Waals surface area contributed by atoms with E-state index in [9.17, 15) is 4.79 Å². The first-order chi connectivity index (χ1) is 6.88. The molecule has 0 aromatic carbocycles. The van der Waals surface area contributed by atoms with Gasteiger partial charge in [-0.15, -0.1) is 0 Å². The summed E-state index contributed by atoms with van der Waals surface area (Å²) in [6.45, 7) is 8.73. The third-order valence-electron chi connectivity index (χ3n) is 3.33. The van der Waals surface area contributed by atoms with E-state index in [1.165, 1.54) is 0 Å². The number of carbonyl (C=O) groups is 1. The van der Waals surface area contributed by atoms with Gasteiger partial charge in [-0.1, -0.05) is 34.1 Å². The van der Waals surface area contributed by atoms with Crippen LogP contribution in [0.4, 0.5) is 0 Å². The molecule has 0 aliphatic rings. The second-order valence-electron chi connectivity index (χ2n) is 4.91. The summed E-state index contributed by atoms with van der Waals surface area (Å²) in [7, 11) is 0. The highest BCUT2D eigenvalue weighted by Crippen LogP contribution is 2.24. The standard InChI is InChI=1S/C12H25NO2/c1-5-10(6-9(4)8(2)3)7-11(13)12(14)15/h8-11H,5-7,13H2,1-4H3,(H,14,15). The maximum atomic E-state index is 10.6. The summed E-state index contributed by atoms with van der Waals surface area (Å²) < 4.78 is 0. The van der Waals surface area contributed by atoms with Crippen molar-refractivity contribution >= 4 is 5.97 Å². The van der Waals surface area contributed by atoms with Crippen LogP contribution in [0.25, 0.3) is 0 Å². The number of carboxylic acid groups (broad SMARTS) is 1. The predicted molar refractivity (Wildman–Crippen MR) is 62.6 cm³/mol. The van der Waals surface area contributed by atoms with Crippen LogP contribution in [-0.4, -0.2) is 17.1 Å². The molecule has 0 fully saturated rings. The van der Waals surface area contributed by atoms with Gasteiger partial charge in [-0.25, -0.2) is 0 Å². The average molecular weight is 215 g/mol. The predicted octanol–water partition coefficient (Wildman–Crippen LogP) is 2.50. The molecule has 0 aromatic rings. The second kappa shape index (κ2) is 6.83. The molecule has 3 heteroatoms. The fraction of sp³-hybridized carbons (Fsp3) is 0.917. The molecule has 0 radical (unpaired) electrons. The van der Waals surface area contributed by atoms with E-state index in [-0.39, 0.29) is 0 Å². The maximum Gasteiger partial charge on any atom is 0.320 e. The van der Waals surface area contributed by atoms with Crippen molar-refractivity contribution in [3.8, 4) is 0 Å². The molecule has 0 aliphatic carbocycles. The molecule has 0 saturated carbocycles. The molecule has 3 unspecified atom stereocenters. The van der Waals surface area contributed by atoms with Gasteiger partial charge < -0.3 is 10.8 Å². The maximum absolute atomic E-state index is 10.6. The highest BCUT2D eigenvalue weighted by Gasteiger charge is 2.20. The van der Waals surface area contributed by atoms with Crippen molar-refractivity contribution in [2.45, 2.75) is 53.0 Å². The number of aliphatic carboxylic acids is 1. The zero-order valence-electron chi connectivity index (χ0n) is 10.4. The SMILES string of the molecule is CCC(CC(N)C(=O)O)CC(C)C(C)C. The third-order valence-corrected chi connectivity index (χ3v) is 3.33. The molecule has 3 atom stereocenters. The van der Waals surface area contributed by atoms with Crippen molar-refractivity contribution < 1.29 is 9.90 Å². The third kappa shape index (κ3) is 5.78. The lowest BCUT2D eigenvalue weighted by Crippen LogP contribution is -2.32. The van der Waals surface area contributed by atoms with E-state index < -0.39 is 12.0 Å². The molecule has 0 heterocycles. The molecule has 3 nitrogen and oxygen atoms in total. The minimum Gasteiger partial charge on any atom is -0.480 e. The lowest BCUT2D eigenvalue weighted by atomic mass is 9.84. The summed E-state index contributed by atoms with van der Waals surface area (Å²) in [6.07, 6.45) is 2.69. The minimum atomic E-state index is -0.884. The number of rotatable bonds is 7. The van der Waals surface area contributed by atoms with Gasteiger partial charge in [0, 0.05) is 0 Å². The van der Waals surface area contributed by atoms with Crippen LogP contribution >= 0.6 is 0 Å². The van der Waals surface area contributed by atoms with Gasteiger partial charge in [0.25, 0.3) is 0 Å². The summed E-state index contributed by atoms with van der Waals surface area (Å²) in [5, 5.41) is 8.74. The number of hydrogen-bond acceptors (Lipinski definition) is 2. The first-order valence-electron chi connectivity index (χ1n) is 5.86. The van der Waals surface area contributed by atoms with Crippen LogP contribution in [-0.2, 0) is 4.79 Å². The number of nitrogens with two attached hydrogens (primary N) is 1.